The molecule has 0 aliphatic heterocycles. The maximum atomic E-state index is 11.2. The van der Waals surface area contributed by atoms with Gasteiger partial charge in [0.2, 0.25) is 0 Å². The molecule has 0 fully saturated rings. The molecule has 0 bridgehead atoms. The van der Waals surface area contributed by atoms with E-state index in [-0.39, 0.29) is 5.75 Å². The fourth-order valence-corrected chi connectivity index (χ4v) is 1.78. The second-order valence-electron chi connectivity index (χ2n) is 3.69. The zero-order chi connectivity index (χ0) is 12.4. The van der Waals surface area contributed by atoms with Gasteiger partial charge in [0.1, 0.15) is 17.1 Å². The Hall–Kier alpha value is -1.97. The van der Waals surface area contributed by atoms with E-state index in [0.29, 0.717) is 23.3 Å². The van der Waals surface area contributed by atoms with Crippen LogP contribution in [0.1, 0.15) is 19.4 Å². The van der Waals surface area contributed by atoms with E-state index in [1.165, 1.54) is 0 Å². The molecular formula is C13H14O4. The molecule has 1 heterocycles. The highest BCUT2D eigenvalue weighted by atomic mass is 16.5. The van der Waals surface area contributed by atoms with Crippen LogP contribution in [0.3, 0.4) is 0 Å². The number of benzene rings is 1. The smallest absolute Gasteiger partial charge is 0.339 e. The van der Waals surface area contributed by atoms with Gasteiger partial charge in [0, 0.05) is 6.07 Å². The van der Waals surface area contributed by atoms with E-state index in [1.54, 1.807) is 12.1 Å². The number of ether oxygens (including phenoxy) is 1. The molecule has 0 aliphatic rings. The van der Waals surface area contributed by atoms with Crippen LogP contribution in [0, 0.1) is 0 Å². The van der Waals surface area contributed by atoms with Crippen molar-refractivity contribution in [3.05, 3.63) is 34.2 Å². The fourth-order valence-electron chi connectivity index (χ4n) is 1.78. The molecule has 0 spiro atoms. The molecule has 2 rings (SSSR count). The predicted molar refractivity (Wildman–Crippen MR) is 64.7 cm³/mol. The molecule has 0 amide bonds. The summed E-state index contributed by atoms with van der Waals surface area (Å²) in [4.78, 5) is 11.2. The first kappa shape index (κ1) is 11.5. The van der Waals surface area contributed by atoms with Gasteiger partial charge in [0.25, 0.3) is 0 Å². The fraction of sp³-hybridized carbons (Fsp3) is 0.308. The minimum Gasteiger partial charge on any atom is -0.507 e. The Morgan fingerprint density at radius 1 is 1.29 bits per heavy atom. The second kappa shape index (κ2) is 4.49. The molecule has 0 radical (unpaired) electrons. The van der Waals surface area contributed by atoms with Crippen molar-refractivity contribution in [2.75, 3.05) is 6.61 Å². The van der Waals surface area contributed by atoms with Gasteiger partial charge < -0.3 is 14.3 Å². The molecule has 4 nitrogen and oxygen atoms in total. The zero-order valence-corrected chi connectivity index (χ0v) is 9.82. The summed E-state index contributed by atoms with van der Waals surface area (Å²) in [5.41, 5.74) is 0.751. The lowest BCUT2D eigenvalue weighted by Gasteiger charge is -2.10. The Balaban J connectivity index is 2.73. The molecule has 1 N–H and O–H groups in total. The quantitative estimate of drug-likeness (QED) is 0.829. The van der Waals surface area contributed by atoms with E-state index in [2.05, 4.69) is 0 Å². The minimum absolute atomic E-state index is 0.0611. The van der Waals surface area contributed by atoms with Crippen LogP contribution in [0.2, 0.25) is 0 Å². The van der Waals surface area contributed by atoms with E-state index in [1.807, 2.05) is 13.8 Å². The van der Waals surface area contributed by atoms with Gasteiger partial charge in [-0.05, 0) is 25.0 Å². The van der Waals surface area contributed by atoms with Gasteiger partial charge in [0.05, 0.1) is 18.1 Å². The Bertz CT molecular complexity index is 598. The average Bonchev–Trinajstić information content (AvgIpc) is 2.28. The van der Waals surface area contributed by atoms with Crippen LogP contribution in [0.15, 0.2) is 27.4 Å². The molecule has 1 aromatic heterocycles. The minimum atomic E-state index is -0.568. The summed E-state index contributed by atoms with van der Waals surface area (Å²) in [6.45, 7) is 4.43. The highest BCUT2D eigenvalue weighted by Crippen LogP contribution is 2.30. The van der Waals surface area contributed by atoms with E-state index < -0.39 is 5.63 Å². The van der Waals surface area contributed by atoms with Gasteiger partial charge in [0.15, 0.2) is 0 Å². The molecule has 1 aromatic carbocycles. The number of rotatable bonds is 3. The summed E-state index contributed by atoms with van der Waals surface area (Å²) in [6, 6.07) is 4.51. The van der Waals surface area contributed by atoms with E-state index in [9.17, 15) is 9.90 Å². The third-order valence-electron chi connectivity index (χ3n) is 2.58. The van der Waals surface area contributed by atoms with Crippen LogP contribution in [0.5, 0.6) is 11.5 Å². The highest BCUT2D eigenvalue weighted by Gasteiger charge is 2.10. The van der Waals surface area contributed by atoms with Crippen LogP contribution in [-0.2, 0) is 6.42 Å². The molecule has 90 valence electrons. The topological polar surface area (TPSA) is 59.7 Å². The van der Waals surface area contributed by atoms with Gasteiger partial charge in [-0.3, -0.25) is 0 Å². The van der Waals surface area contributed by atoms with Crippen molar-refractivity contribution in [1.82, 2.24) is 0 Å². The van der Waals surface area contributed by atoms with Gasteiger partial charge in [-0.2, -0.15) is 0 Å². The van der Waals surface area contributed by atoms with Crippen molar-refractivity contribution in [3.63, 3.8) is 0 Å². The molecule has 0 aliphatic carbocycles. The third kappa shape index (κ3) is 2.11. The number of fused-ring (bicyclic) bond motifs is 1. The van der Waals surface area contributed by atoms with Crippen molar-refractivity contribution in [1.29, 1.82) is 0 Å². The summed E-state index contributed by atoms with van der Waals surface area (Å²) in [6.07, 6.45) is 0.782. The van der Waals surface area contributed by atoms with Crippen molar-refractivity contribution in [2.24, 2.45) is 0 Å². The SMILES string of the molecule is CCOc1cc2oc(=O)cc(O)c2cc1CC. The Morgan fingerprint density at radius 3 is 2.71 bits per heavy atom. The summed E-state index contributed by atoms with van der Waals surface area (Å²) >= 11 is 0. The number of aromatic hydroxyl groups is 1. The van der Waals surface area contributed by atoms with Crippen LogP contribution >= 0.6 is 0 Å². The number of hydrogen-bond acceptors (Lipinski definition) is 4. The molecule has 4 heteroatoms. The highest BCUT2D eigenvalue weighted by molar-refractivity contribution is 5.85. The van der Waals surface area contributed by atoms with Crippen LogP contribution in [0.4, 0.5) is 0 Å². The van der Waals surface area contributed by atoms with E-state index in [4.69, 9.17) is 9.15 Å². The molecule has 0 saturated carbocycles. The molecule has 0 saturated heterocycles. The summed E-state index contributed by atoms with van der Waals surface area (Å²) < 4.78 is 10.5. The van der Waals surface area contributed by atoms with Crippen molar-refractivity contribution >= 4 is 11.0 Å². The van der Waals surface area contributed by atoms with E-state index in [0.717, 1.165) is 18.1 Å². The molecule has 2 aromatic rings. The molecule has 0 unspecified atom stereocenters. The molecule has 17 heavy (non-hydrogen) atoms. The Kier molecular flexibility index (Phi) is 3.04. The van der Waals surface area contributed by atoms with Crippen LogP contribution in [0.25, 0.3) is 11.0 Å². The molecular weight excluding hydrogens is 220 g/mol. The Labute approximate surface area is 98.4 Å². The monoisotopic (exact) mass is 234 g/mol. The molecule has 0 atom stereocenters. The van der Waals surface area contributed by atoms with Crippen LogP contribution < -0.4 is 10.4 Å². The lowest BCUT2D eigenvalue weighted by molar-refractivity contribution is 0.336. The largest absolute Gasteiger partial charge is 0.507 e. The first-order valence-corrected chi connectivity index (χ1v) is 5.58. The third-order valence-corrected chi connectivity index (χ3v) is 2.58. The standard InChI is InChI=1S/C13H14O4/c1-3-8-5-9-10(14)6-13(15)17-12(9)7-11(8)16-4-2/h5-7,14H,3-4H2,1-2H3. The van der Waals surface area contributed by atoms with Crippen molar-refractivity contribution in [3.8, 4) is 11.5 Å². The second-order valence-corrected chi connectivity index (χ2v) is 3.69. The van der Waals surface area contributed by atoms with Crippen molar-refractivity contribution < 1.29 is 14.3 Å². The first-order valence-electron chi connectivity index (χ1n) is 5.58. The maximum Gasteiger partial charge on any atom is 0.339 e. The van der Waals surface area contributed by atoms with Gasteiger partial charge >= 0.3 is 5.63 Å². The van der Waals surface area contributed by atoms with Gasteiger partial charge in [-0.15, -0.1) is 0 Å². The van der Waals surface area contributed by atoms with Gasteiger partial charge in [-0.25, -0.2) is 4.79 Å². The average molecular weight is 234 g/mol. The number of hydrogen-bond donors (Lipinski definition) is 1. The number of aryl methyl sites for hydroxylation is 1. The normalized spacial score (nSPS) is 10.7. The lowest BCUT2D eigenvalue weighted by atomic mass is 10.1. The maximum absolute atomic E-state index is 11.2. The first-order chi connectivity index (χ1) is 8.15. The van der Waals surface area contributed by atoms with Crippen molar-refractivity contribution in [2.45, 2.75) is 20.3 Å². The van der Waals surface area contributed by atoms with Gasteiger partial charge in [-0.1, -0.05) is 6.92 Å². The Morgan fingerprint density at radius 2 is 2.06 bits per heavy atom. The summed E-state index contributed by atoms with van der Waals surface area (Å²) in [7, 11) is 0. The summed E-state index contributed by atoms with van der Waals surface area (Å²) in [5, 5.41) is 10.2. The zero-order valence-electron chi connectivity index (χ0n) is 9.82. The predicted octanol–water partition coefficient (Wildman–Crippen LogP) is 2.46. The van der Waals surface area contributed by atoms with E-state index >= 15 is 0 Å². The summed E-state index contributed by atoms with van der Waals surface area (Å²) in [5.74, 6) is 0.630. The van der Waals surface area contributed by atoms with Crippen LogP contribution in [-0.4, -0.2) is 11.7 Å². The lowest BCUT2D eigenvalue weighted by Crippen LogP contribution is -1.99.